The molecule has 0 unspecified atom stereocenters. The summed E-state index contributed by atoms with van der Waals surface area (Å²) in [5.74, 6) is 0.199. The lowest BCUT2D eigenvalue weighted by Crippen LogP contribution is -2.36. The minimum Gasteiger partial charge on any atom is -0.458 e. The third-order valence-corrected chi connectivity index (χ3v) is 3.46. The van der Waals surface area contributed by atoms with Crippen molar-refractivity contribution in [1.82, 2.24) is 4.98 Å². The van der Waals surface area contributed by atoms with Gasteiger partial charge in [-0.1, -0.05) is 0 Å². The fraction of sp³-hybridized carbons (Fsp3) is 0.455. The van der Waals surface area contributed by atoms with Crippen LogP contribution >= 0.6 is 0 Å². The van der Waals surface area contributed by atoms with Gasteiger partial charge in [-0.2, -0.15) is 0 Å². The fourth-order valence-electron chi connectivity index (χ4n) is 2.33. The van der Waals surface area contributed by atoms with Crippen molar-refractivity contribution in [2.45, 2.75) is 31.3 Å². The van der Waals surface area contributed by atoms with Crippen LogP contribution in [0.25, 0.3) is 0 Å². The van der Waals surface area contributed by atoms with E-state index in [1.807, 2.05) is 6.92 Å². The van der Waals surface area contributed by atoms with Crippen LogP contribution in [0, 0.1) is 0 Å². The van der Waals surface area contributed by atoms with Gasteiger partial charge in [-0.3, -0.25) is 0 Å². The molecular weight excluding hydrogens is 192 g/mol. The Morgan fingerprint density at radius 3 is 2.93 bits per heavy atom. The summed E-state index contributed by atoms with van der Waals surface area (Å²) >= 11 is 0. The van der Waals surface area contributed by atoms with Crippen molar-refractivity contribution in [1.29, 1.82) is 0 Å². The summed E-state index contributed by atoms with van der Waals surface area (Å²) in [7, 11) is 0. The molecule has 2 heterocycles. The summed E-state index contributed by atoms with van der Waals surface area (Å²) in [6.45, 7) is 1.93. The summed E-state index contributed by atoms with van der Waals surface area (Å²) in [6, 6.07) is 3.36. The molecule has 0 bridgehead atoms. The zero-order valence-corrected chi connectivity index (χ0v) is 8.49. The molecule has 1 atom stereocenters. The number of hydrogen-bond donors (Lipinski definition) is 1. The summed E-state index contributed by atoms with van der Waals surface area (Å²) in [4.78, 5) is 15.9. The Morgan fingerprint density at radius 1 is 1.53 bits per heavy atom. The van der Waals surface area contributed by atoms with Crippen molar-refractivity contribution in [3.05, 3.63) is 23.4 Å². The molecule has 1 fully saturated rings. The summed E-state index contributed by atoms with van der Waals surface area (Å²) in [6.07, 6.45) is 1.99. The smallest absolute Gasteiger partial charge is 0.340 e. The lowest BCUT2D eigenvalue weighted by atomic mass is 9.89. The molecule has 78 valence electrons. The van der Waals surface area contributed by atoms with Crippen LogP contribution in [0.4, 0.5) is 5.82 Å². The number of esters is 1. The van der Waals surface area contributed by atoms with Gasteiger partial charge in [0.2, 0.25) is 0 Å². The molecule has 2 N–H and O–H groups in total. The van der Waals surface area contributed by atoms with E-state index in [1.165, 1.54) is 0 Å². The van der Waals surface area contributed by atoms with E-state index in [0.717, 1.165) is 18.5 Å². The third kappa shape index (κ3) is 1.02. The van der Waals surface area contributed by atoms with E-state index in [4.69, 9.17) is 10.5 Å². The van der Waals surface area contributed by atoms with Gasteiger partial charge < -0.3 is 10.5 Å². The second-order valence-corrected chi connectivity index (χ2v) is 4.34. The van der Waals surface area contributed by atoms with Crippen LogP contribution in [-0.2, 0) is 10.2 Å². The largest absolute Gasteiger partial charge is 0.458 e. The van der Waals surface area contributed by atoms with Gasteiger partial charge >= 0.3 is 5.97 Å². The second kappa shape index (κ2) is 2.51. The topological polar surface area (TPSA) is 65.2 Å². The maximum Gasteiger partial charge on any atom is 0.340 e. The fourth-order valence-corrected chi connectivity index (χ4v) is 2.33. The molecule has 3 rings (SSSR count). The van der Waals surface area contributed by atoms with Crippen molar-refractivity contribution in [3.8, 4) is 0 Å². The van der Waals surface area contributed by atoms with Crippen molar-refractivity contribution in [3.63, 3.8) is 0 Å². The van der Waals surface area contributed by atoms with Crippen LogP contribution in [0.1, 0.15) is 35.8 Å². The number of nitrogens with zero attached hydrogens (tertiary/aromatic N) is 1. The molecule has 1 aromatic heterocycles. The molecule has 1 spiro atoms. The van der Waals surface area contributed by atoms with E-state index in [1.54, 1.807) is 12.1 Å². The molecule has 1 saturated carbocycles. The van der Waals surface area contributed by atoms with Gasteiger partial charge in [0.1, 0.15) is 11.9 Å². The zero-order valence-electron chi connectivity index (χ0n) is 8.49. The number of hydrogen-bond acceptors (Lipinski definition) is 4. The van der Waals surface area contributed by atoms with Crippen LogP contribution in [0.3, 0.4) is 0 Å². The summed E-state index contributed by atoms with van der Waals surface area (Å²) in [5.41, 5.74) is 7.04. The quantitative estimate of drug-likeness (QED) is 0.646. The van der Waals surface area contributed by atoms with Gasteiger partial charge in [-0.15, -0.1) is 0 Å². The highest BCUT2D eigenvalue weighted by atomic mass is 16.5. The molecule has 2 aliphatic rings. The first-order valence-corrected chi connectivity index (χ1v) is 5.11. The van der Waals surface area contributed by atoms with Gasteiger partial charge in [-0.05, 0) is 31.9 Å². The molecule has 0 aromatic carbocycles. The molecular formula is C11H12N2O2. The average Bonchev–Trinajstić information content (AvgIpc) is 2.96. The van der Waals surface area contributed by atoms with Crippen LogP contribution in [0.15, 0.2) is 12.1 Å². The van der Waals surface area contributed by atoms with E-state index < -0.39 is 0 Å². The van der Waals surface area contributed by atoms with Gasteiger partial charge in [0.25, 0.3) is 0 Å². The van der Waals surface area contributed by atoms with E-state index in [2.05, 4.69) is 4.98 Å². The van der Waals surface area contributed by atoms with Crippen LogP contribution in [0.2, 0.25) is 0 Å². The van der Waals surface area contributed by atoms with E-state index in [0.29, 0.717) is 11.4 Å². The van der Waals surface area contributed by atoms with E-state index in [9.17, 15) is 4.79 Å². The zero-order chi connectivity index (χ0) is 10.6. The Balaban J connectivity index is 2.23. The Kier molecular flexibility index (Phi) is 1.45. The predicted molar refractivity (Wildman–Crippen MR) is 54.4 cm³/mol. The SMILES string of the molecule is C[C@H]1OC(=O)c2ccc(N)nc2C12CC2. The average molecular weight is 204 g/mol. The van der Waals surface area contributed by atoms with Crippen molar-refractivity contribution >= 4 is 11.8 Å². The molecule has 1 aromatic rings. The minimum absolute atomic E-state index is 0.0430. The van der Waals surface area contributed by atoms with Gasteiger partial charge in [0.15, 0.2) is 0 Å². The van der Waals surface area contributed by atoms with Gasteiger partial charge in [-0.25, -0.2) is 9.78 Å². The summed E-state index contributed by atoms with van der Waals surface area (Å²) in [5, 5.41) is 0. The predicted octanol–water partition coefficient (Wildman–Crippen LogP) is 1.25. The van der Waals surface area contributed by atoms with Crippen LogP contribution in [-0.4, -0.2) is 17.1 Å². The van der Waals surface area contributed by atoms with Crippen molar-refractivity contribution < 1.29 is 9.53 Å². The molecule has 15 heavy (non-hydrogen) atoms. The third-order valence-electron chi connectivity index (χ3n) is 3.46. The Bertz CT molecular complexity index is 452. The normalized spacial score (nSPS) is 25.9. The van der Waals surface area contributed by atoms with E-state index in [-0.39, 0.29) is 17.5 Å². The second-order valence-electron chi connectivity index (χ2n) is 4.34. The number of carbonyl (C=O) groups excluding carboxylic acids is 1. The highest BCUT2D eigenvalue weighted by Gasteiger charge is 2.56. The molecule has 1 aliphatic heterocycles. The molecule has 0 amide bonds. The highest BCUT2D eigenvalue weighted by Crippen LogP contribution is 2.54. The number of carbonyl (C=O) groups is 1. The van der Waals surface area contributed by atoms with Crippen LogP contribution < -0.4 is 5.73 Å². The van der Waals surface area contributed by atoms with Gasteiger partial charge in [0, 0.05) is 0 Å². The number of aromatic nitrogens is 1. The van der Waals surface area contributed by atoms with E-state index >= 15 is 0 Å². The first kappa shape index (κ1) is 8.71. The Hall–Kier alpha value is -1.58. The molecule has 4 nitrogen and oxygen atoms in total. The standard InChI is InChI=1S/C11H12N2O2/c1-6-11(4-5-11)9-7(10(14)15-6)2-3-8(12)13-9/h2-3,6H,4-5H2,1H3,(H2,12,13)/t6-/m1/s1. The maximum absolute atomic E-state index is 11.6. The summed E-state index contributed by atoms with van der Waals surface area (Å²) < 4.78 is 5.31. The first-order valence-electron chi connectivity index (χ1n) is 5.11. The lowest BCUT2D eigenvalue weighted by Gasteiger charge is -2.29. The van der Waals surface area contributed by atoms with Crippen molar-refractivity contribution in [2.75, 3.05) is 5.73 Å². The maximum atomic E-state index is 11.6. The molecule has 0 saturated heterocycles. The first-order chi connectivity index (χ1) is 7.13. The monoisotopic (exact) mass is 204 g/mol. The Morgan fingerprint density at radius 2 is 2.27 bits per heavy atom. The number of rotatable bonds is 0. The number of nitrogens with two attached hydrogens (primary N) is 1. The molecule has 1 aliphatic carbocycles. The molecule has 4 heteroatoms. The number of pyridine rings is 1. The van der Waals surface area contributed by atoms with Crippen molar-refractivity contribution in [2.24, 2.45) is 0 Å². The Labute approximate surface area is 87.4 Å². The number of ether oxygens (including phenoxy) is 1. The lowest BCUT2D eigenvalue weighted by molar-refractivity contribution is 0.0183. The number of nitrogen functional groups attached to an aromatic ring is 1. The number of anilines is 1. The highest BCUT2D eigenvalue weighted by molar-refractivity contribution is 5.93. The number of cyclic esters (lactones) is 1. The minimum atomic E-state index is -0.275. The van der Waals surface area contributed by atoms with Crippen LogP contribution in [0.5, 0.6) is 0 Å². The molecule has 0 radical (unpaired) electrons. The number of fused-ring (bicyclic) bond motifs is 2. The van der Waals surface area contributed by atoms with Gasteiger partial charge in [0.05, 0.1) is 16.7 Å².